The van der Waals surface area contributed by atoms with Crippen molar-refractivity contribution < 1.29 is 8.78 Å². The summed E-state index contributed by atoms with van der Waals surface area (Å²) in [6.07, 6.45) is 0. The predicted octanol–water partition coefficient (Wildman–Crippen LogP) is 4.85. The van der Waals surface area contributed by atoms with Crippen LogP contribution in [0.4, 0.5) is 8.78 Å². The summed E-state index contributed by atoms with van der Waals surface area (Å²) >= 11 is 6.22. The third-order valence-corrected chi connectivity index (χ3v) is 3.72. The smallest absolute Gasteiger partial charge is 0.130 e. The number of halogens is 3. The molecule has 0 aliphatic rings. The van der Waals surface area contributed by atoms with Crippen LogP contribution in [0, 0.1) is 30.4 Å². The number of alkyl halides is 1. The molecule has 1 rings (SSSR count). The molecule has 0 saturated carbocycles. The summed E-state index contributed by atoms with van der Waals surface area (Å²) in [4.78, 5) is 0. The molecule has 0 aliphatic heterocycles. The summed E-state index contributed by atoms with van der Waals surface area (Å²) in [6, 6.07) is 2.41. The van der Waals surface area contributed by atoms with Crippen molar-refractivity contribution in [3.8, 4) is 0 Å². The van der Waals surface area contributed by atoms with E-state index in [1.165, 1.54) is 6.07 Å². The van der Waals surface area contributed by atoms with Gasteiger partial charge in [-0.05, 0) is 30.4 Å². The Morgan fingerprint density at radius 3 is 2.12 bits per heavy atom. The topological polar surface area (TPSA) is 0 Å². The Kier molecular flexibility index (Phi) is 4.31. The number of benzene rings is 1. The first-order chi connectivity index (χ1) is 7.34. The van der Waals surface area contributed by atoms with Gasteiger partial charge in [-0.25, -0.2) is 8.78 Å². The summed E-state index contributed by atoms with van der Waals surface area (Å²) < 4.78 is 26.7. The first-order valence-corrected chi connectivity index (χ1v) is 5.87. The van der Waals surface area contributed by atoms with E-state index in [1.54, 1.807) is 6.92 Å². The Labute approximate surface area is 101 Å². The van der Waals surface area contributed by atoms with E-state index in [0.717, 1.165) is 6.07 Å². The van der Waals surface area contributed by atoms with Gasteiger partial charge < -0.3 is 0 Å². The number of hydrogen-bond acceptors (Lipinski definition) is 0. The lowest BCUT2D eigenvalue weighted by molar-refractivity contribution is 0.398. The highest BCUT2D eigenvalue weighted by atomic mass is 35.5. The summed E-state index contributed by atoms with van der Waals surface area (Å²) in [5.74, 6) is -0.591. The fourth-order valence-corrected chi connectivity index (χ4v) is 1.97. The SMILES string of the molecule is Cc1cc(C(Cl)C(C)C(C)C)c(F)cc1F. The first-order valence-electron chi connectivity index (χ1n) is 5.44. The Hall–Kier alpha value is -0.630. The zero-order valence-electron chi connectivity index (χ0n) is 10.0. The molecule has 0 nitrogen and oxygen atoms in total. The van der Waals surface area contributed by atoms with Crippen LogP contribution in [0.25, 0.3) is 0 Å². The van der Waals surface area contributed by atoms with Crippen LogP contribution in [0.15, 0.2) is 12.1 Å². The van der Waals surface area contributed by atoms with Gasteiger partial charge in [-0.1, -0.05) is 20.8 Å². The van der Waals surface area contributed by atoms with E-state index in [-0.39, 0.29) is 5.92 Å². The number of rotatable bonds is 3. The summed E-state index contributed by atoms with van der Waals surface area (Å²) in [5.41, 5.74) is 0.819. The lowest BCUT2D eigenvalue weighted by atomic mass is 9.90. The van der Waals surface area contributed by atoms with Crippen molar-refractivity contribution in [2.45, 2.75) is 33.1 Å². The maximum atomic E-state index is 13.6. The lowest BCUT2D eigenvalue weighted by Gasteiger charge is -2.22. The van der Waals surface area contributed by atoms with Crippen molar-refractivity contribution in [1.29, 1.82) is 0 Å². The van der Waals surface area contributed by atoms with Crippen LogP contribution >= 0.6 is 11.6 Å². The summed E-state index contributed by atoms with van der Waals surface area (Å²) in [7, 11) is 0. The molecule has 0 heterocycles. The highest BCUT2D eigenvalue weighted by Crippen LogP contribution is 2.35. The summed E-state index contributed by atoms with van der Waals surface area (Å²) in [5, 5.41) is -0.417. The zero-order valence-corrected chi connectivity index (χ0v) is 10.8. The minimum Gasteiger partial charge on any atom is -0.207 e. The molecule has 2 unspecified atom stereocenters. The van der Waals surface area contributed by atoms with Gasteiger partial charge in [-0.3, -0.25) is 0 Å². The minimum atomic E-state index is -0.560. The van der Waals surface area contributed by atoms with E-state index in [1.807, 2.05) is 20.8 Å². The molecule has 0 bridgehead atoms. The zero-order chi connectivity index (χ0) is 12.5. The number of aryl methyl sites for hydroxylation is 1. The van der Waals surface area contributed by atoms with Gasteiger partial charge in [0.1, 0.15) is 11.6 Å². The van der Waals surface area contributed by atoms with Crippen LogP contribution in [-0.2, 0) is 0 Å². The molecule has 3 heteroatoms. The van der Waals surface area contributed by atoms with Gasteiger partial charge in [0.05, 0.1) is 5.38 Å². The molecular formula is C13H17ClF2. The van der Waals surface area contributed by atoms with Gasteiger partial charge >= 0.3 is 0 Å². The van der Waals surface area contributed by atoms with Crippen molar-refractivity contribution in [2.24, 2.45) is 11.8 Å². The van der Waals surface area contributed by atoms with Gasteiger partial charge in [0.25, 0.3) is 0 Å². The second kappa shape index (κ2) is 5.13. The molecule has 0 amide bonds. The van der Waals surface area contributed by atoms with Crippen molar-refractivity contribution >= 4 is 11.6 Å². The highest BCUT2D eigenvalue weighted by molar-refractivity contribution is 6.21. The predicted molar refractivity (Wildman–Crippen MR) is 63.7 cm³/mol. The molecule has 0 aliphatic carbocycles. The van der Waals surface area contributed by atoms with E-state index in [0.29, 0.717) is 17.0 Å². The Morgan fingerprint density at radius 2 is 1.62 bits per heavy atom. The van der Waals surface area contributed by atoms with Gasteiger partial charge in [-0.15, -0.1) is 11.6 Å². The van der Waals surface area contributed by atoms with E-state index < -0.39 is 17.0 Å². The van der Waals surface area contributed by atoms with Gasteiger partial charge in [-0.2, -0.15) is 0 Å². The maximum absolute atomic E-state index is 13.6. The van der Waals surface area contributed by atoms with Crippen LogP contribution in [0.3, 0.4) is 0 Å². The lowest BCUT2D eigenvalue weighted by Crippen LogP contribution is -2.12. The van der Waals surface area contributed by atoms with E-state index in [4.69, 9.17) is 11.6 Å². The standard InChI is InChI=1S/C13H17ClF2/c1-7(2)9(4)13(14)10-5-8(3)11(15)6-12(10)16/h5-7,9,13H,1-4H3. The second-order valence-electron chi connectivity index (χ2n) is 4.63. The average Bonchev–Trinajstić information content (AvgIpc) is 2.21. The monoisotopic (exact) mass is 246 g/mol. The third kappa shape index (κ3) is 2.73. The minimum absolute atomic E-state index is 0.140. The van der Waals surface area contributed by atoms with Crippen molar-refractivity contribution in [1.82, 2.24) is 0 Å². The quantitative estimate of drug-likeness (QED) is 0.669. The maximum Gasteiger partial charge on any atom is 0.130 e. The van der Waals surface area contributed by atoms with Crippen LogP contribution in [0.1, 0.15) is 37.3 Å². The Morgan fingerprint density at radius 1 is 1.06 bits per heavy atom. The average molecular weight is 247 g/mol. The molecule has 0 saturated heterocycles. The highest BCUT2D eigenvalue weighted by Gasteiger charge is 2.23. The van der Waals surface area contributed by atoms with Crippen molar-refractivity contribution in [3.05, 3.63) is 34.9 Å². The van der Waals surface area contributed by atoms with Gasteiger partial charge in [0, 0.05) is 11.6 Å². The molecule has 0 radical (unpaired) electrons. The molecule has 0 aromatic heterocycles. The van der Waals surface area contributed by atoms with Gasteiger partial charge in [0.2, 0.25) is 0 Å². The molecule has 1 aromatic rings. The van der Waals surface area contributed by atoms with E-state index in [9.17, 15) is 8.78 Å². The van der Waals surface area contributed by atoms with Crippen molar-refractivity contribution in [3.63, 3.8) is 0 Å². The Balaban J connectivity index is 3.08. The molecular weight excluding hydrogens is 230 g/mol. The molecule has 16 heavy (non-hydrogen) atoms. The molecule has 0 N–H and O–H groups in total. The Bertz CT molecular complexity index is 374. The van der Waals surface area contributed by atoms with Crippen molar-refractivity contribution in [2.75, 3.05) is 0 Å². The molecule has 1 aromatic carbocycles. The molecule has 90 valence electrons. The summed E-state index contributed by atoms with van der Waals surface area (Å²) in [6.45, 7) is 7.66. The van der Waals surface area contributed by atoms with Crippen LogP contribution < -0.4 is 0 Å². The second-order valence-corrected chi connectivity index (χ2v) is 5.10. The van der Waals surface area contributed by atoms with Gasteiger partial charge in [0.15, 0.2) is 0 Å². The third-order valence-electron chi connectivity index (χ3n) is 3.09. The molecule has 0 spiro atoms. The van der Waals surface area contributed by atoms with Crippen LogP contribution in [-0.4, -0.2) is 0 Å². The molecule has 0 fully saturated rings. The van der Waals surface area contributed by atoms with Crippen LogP contribution in [0.2, 0.25) is 0 Å². The largest absolute Gasteiger partial charge is 0.207 e. The normalized spacial score (nSPS) is 15.2. The van der Waals surface area contributed by atoms with E-state index >= 15 is 0 Å². The van der Waals surface area contributed by atoms with Crippen LogP contribution in [0.5, 0.6) is 0 Å². The number of hydrogen-bond donors (Lipinski definition) is 0. The fourth-order valence-electron chi connectivity index (χ4n) is 1.51. The fraction of sp³-hybridized carbons (Fsp3) is 0.538. The first kappa shape index (κ1) is 13.4. The molecule has 2 atom stereocenters. The van der Waals surface area contributed by atoms with E-state index in [2.05, 4.69) is 0 Å².